The molecule has 5 heteroatoms. The van der Waals surface area contributed by atoms with Crippen molar-refractivity contribution in [2.24, 2.45) is 0 Å². The lowest BCUT2D eigenvalue weighted by atomic mass is 10.1. The van der Waals surface area contributed by atoms with E-state index in [9.17, 15) is 4.39 Å². The van der Waals surface area contributed by atoms with Crippen LogP contribution in [-0.4, -0.2) is 14.6 Å². The molecule has 2 heterocycles. The quantitative estimate of drug-likeness (QED) is 0.647. The molecule has 0 unspecified atom stereocenters. The molecule has 0 fully saturated rings. The summed E-state index contributed by atoms with van der Waals surface area (Å²) in [7, 11) is 0. The molecular weight excluding hydrogens is 225 g/mol. The fraction of sp³-hybridized carbons (Fsp3) is 0.0909. The molecule has 0 atom stereocenters. The minimum Gasteiger partial charge on any atom is -0.222 e. The molecule has 3 rings (SSSR count). The SMILES string of the molecule is Cc1nc2scnn2c1-c1cccc(F)c1. The third kappa shape index (κ3) is 1.32. The van der Waals surface area contributed by atoms with Crippen molar-refractivity contribution in [3.05, 3.63) is 41.3 Å². The molecule has 3 aromatic rings. The lowest BCUT2D eigenvalue weighted by Crippen LogP contribution is -1.90. The third-order valence-electron chi connectivity index (χ3n) is 2.42. The van der Waals surface area contributed by atoms with Crippen molar-refractivity contribution in [1.29, 1.82) is 0 Å². The van der Waals surface area contributed by atoms with Crippen LogP contribution in [0.25, 0.3) is 16.2 Å². The van der Waals surface area contributed by atoms with Gasteiger partial charge in [0.2, 0.25) is 4.96 Å². The number of hydrogen-bond donors (Lipinski definition) is 0. The van der Waals surface area contributed by atoms with Crippen LogP contribution in [0.4, 0.5) is 4.39 Å². The minimum atomic E-state index is -0.248. The standard InChI is InChI=1S/C11H8FN3S/c1-7-10(8-3-2-4-9(12)5-8)15-11(14-7)16-6-13-15/h2-6H,1H3. The molecule has 0 spiro atoms. The summed E-state index contributed by atoms with van der Waals surface area (Å²) in [6.45, 7) is 1.90. The first-order chi connectivity index (χ1) is 7.75. The zero-order valence-corrected chi connectivity index (χ0v) is 9.33. The van der Waals surface area contributed by atoms with E-state index in [1.165, 1.54) is 23.5 Å². The molecular formula is C11H8FN3S. The maximum Gasteiger partial charge on any atom is 0.212 e. The van der Waals surface area contributed by atoms with Crippen LogP contribution in [0.3, 0.4) is 0 Å². The molecule has 0 N–H and O–H groups in total. The van der Waals surface area contributed by atoms with Crippen LogP contribution >= 0.6 is 11.3 Å². The fourth-order valence-electron chi connectivity index (χ4n) is 1.76. The normalized spacial score (nSPS) is 11.1. The zero-order chi connectivity index (χ0) is 11.1. The predicted molar refractivity (Wildman–Crippen MR) is 61.0 cm³/mol. The summed E-state index contributed by atoms with van der Waals surface area (Å²) in [5.74, 6) is -0.248. The summed E-state index contributed by atoms with van der Waals surface area (Å²) >= 11 is 1.47. The predicted octanol–water partition coefficient (Wildman–Crippen LogP) is 2.91. The van der Waals surface area contributed by atoms with Crippen LogP contribution in [-0.2, 0) is 0 Å². The summed E-state index contributed by atoms with van der Waals surface area (Å²) in [6.07, 6.45) is 0. The summed E-state index contributed by atoms with van der Waals surface area (Å²) < 4.78 is 14.9. The Balaban J connectivity index is 2.32. The Morgan fingerprint density at radius 2 is 2.25 bits per heavy atom. The highest BCUT2D eigenvalue weighted by molar-refractivity contribution is 7.14. The van der Waals surface area contributed by atoms with Gasteiger partial charge >= 0.3 is 0 Å². The molecule has 0 saturated carbocycles. The average Bonchev–Trinajstić information content (AvgIpc) is 2.76. The van der Waals surface area contributed by atoms with E-state index in [0.29, 0.717) is 0 Å². The van der Waals surface area contributed by atoms with E-state index in [1.807, 2.05) is 13.0 Å². The monoisotopic (exact) mass is 233 g/mol. The van der Waals surface area contributed by atoms with Gasteiger partial charge in [0, 0.05) is 5.56 Å². The van der Waals surface area contributed by atoms with E-state index in [2.05, 4.69) is 10.1 Å². The molecule has 80 valence electrons. The van der Waals surface area contributed by atoms with Gasteiger partial charge in [-0.3, -0.25) is 0 Å². The van der Waals surface area contributed by atoms with Crippen molar-refractivity contribution >= 4 is 16.3 Å². The maximum absolute atomic E-state index is 13.2. The Morgan fingerprint density at radius 1 is 1.38 bits per heavy atom. The molecule has 2 aromatic heterocycles. The van der Waals surface area contributed by atoms with E-state index in [4.69, 9.17) is 0 Å². The van der Waals surface area contributed by atoms with Gasteiger partial charge in [-0.15, -0.1) is 0 Å². The van der Waals surface area contributed by atoms with Crippen LogP contribution in [0.2, 0.25) is 0 Å². The maximum atomic E-state index is 13.2. The molecule has 0 aliphatic rings. The van der Waals surface area contributed by atoms with Gasteiger partial charge in [0.15, 0.2) is 0 Å². The van der Waals surface area contributed by atoms with E-state index < -0.39 is 0 Å². The molecule has 0 radical (unpaired) electrons. The van der Waals surface area contributed by atoms with Gasteiger partial charge in [0.25, 0.3) is 0 Å². The number of aryl methyl sites for hydroxylation is 1. The topological polar surface area (TPSA) is 30.2 Å². The van der Waals surface area contributed by atoms with Crippen LogP contribution < -0.4 is 0 Å². The van der Waals surface area contributed by atoms with Gasteiger partial charge in [0.1, 0.15) is 11.3 Å². The van der Waals surface area contributed by atoms with Gasteiger partial charge in [-0.1, -0.05) is 23.5 Å². The number of hydrogen-bond acceptors (Lipinski definition) is 3. The summed E-state index contributed by atoms with van der Waals surface area (Å²) in [6, 6.07) is 6.47. The van der Waals surface area contributed by atoms with Crippen molar-refractivity contribution in [3.8, 4) is 11.3 Å². The Labute approximate surface area is 95.2 Å². The first-order valence-electron chi connectivity index (χ1n) is 4.80. The van der Waals surface area contributed by atoms with Gasteiger partial charge in [-0.25, -0.2) is 13.9 Å². The average molecular weight is 233 g/mol. The van der Waals surface area contributed by atoms with E-state index in [1.54, 1.807) is 16.1 Å². The summed E-state index contributed by atoms with van der Waals surface area (Å²) in [5.41, 5.74) is 4.25. The van der Waals surface area contributed by atoms with Crippen LogP contribution in [0.5, 0.6) is 0 Å². The minimum absolute atomic E-state index is 0.248. The Morgan fingerprint density at radius 3 is 3.06 bits per heavy atom. The lowest BCUT2D eigenvalue weighted by Gasteiger charge is -2.00. The smallest absolute Gasteiger partial charge is 0.212 e. The number of imidazole rings is 1. The van der Waals surface area contributed by atoms with Crippen LogP contribution in [0, 0.1) is 12.7 Å². The van der Waals surface area contributed by atoms with E-state index >= 15 is 0 Å². The second kappa shape index (κ2) is 3.38. The first kappa shape index (κ1) is 9.47. The summed E-state index contributed by atoms with van der Waals surface area (Å²) in [4.78, 5) is 5.21. The van der Waals surface area contributed by atoms with Crippen molar-refractivity contribution < 1.29 is 4.39 Å². The van der Waals surface area contributed by atoms with Crippen LogP contribution in [0.15, 0.2) is 29.8 Å². The Hall–Kier alpha value is -1.75. The van der Waals surface area contributed by atoms with Gasteiger partial charge in [0.05, 0.1) is 11.4 Å². The van der Waals surface area contributed by atoms with Gasteiger partial charge in [-0.05, 0) is 19.1 Å². The number of halogens is 1. The highest BCUT2D eigenvalue weighted by Crippen LogP contribution is 2.25. The largest absolute Gasteiger partial charge is 0.222 e. The molecule has 1 aromatic carbocycles. The number of aromatic nitrogens is 3. The number of rotatable bonds is 1. The molecule has 0 saturated heterocycles. The molecule has 16 heavy (non-hydrogen) atoms. The molecule has 0 bridgehead atoms. The van der Waals surface area contributed by atoms with Gasteiger partial charge in [-0.2, -0.15) is 5.10 Å². The number of benzene rings is 1. The molecule has 0 aliphatic carbocycles. The highest BCUT2D eigenvalue weighted by Gasteiger charge is 2.12. The second-order valence-corrected chi connectivity index (χ2v) is 4.30. The van der Waals surface area contributed by atoms with Crippen molar-refractivity contribution in [2.45, 2.75) is 6.92 Å². The van der Waals surface area contributed by atoms with Gasteiger partial charge < -0.3 is 0 Å². The Bertz CT molecular complexity index is 656. The van der Waals surface area contributed by atoms with Crippen molar-refractivity contribution in [2.75, 3.05) is 0 Å². The number of nitrogens with zero attached hydrogens (tertiary/aromatic N) is 3. The first-order valence-corrected chi connectivity index (χ1v) is 5.68. The van der Waals surface area contributed by atoms with Crippen LogP contribution in [0.1, 0.15) is 5.69 Å². The molecule has 3 nitrogen and oxygen atoms in total. The van der Waals surface area contributed by atoms with E-state index in [0.717, 1.165) is 21.9 Å². The van der Waals surface area contributed by atoms with E-state index in [-0.39, 0.29) is 5.82 Å². The number of fused-ring (bicyclic) bond motifs is 1. The molecule has 0 amide bonds. The third-order valence-corrected chi connectivity index (χ3v) is 3.09. The van der Waals surface area contributed by atoms with Crippen molar-refractivity contribution in [3.63, 3.8) is 0 Å². The molecule has 0 aliphatic heterocycles. The zero-order valence-electron chi connectivity index (χ0n) is 8.51. The Kier molecular flexibility index (Phi) is 2.00. The van der Waals surface area contributed by atoms with Crippen molar-refractivity contribution in [1.82, 2.24) is 14.6 Å². The fourth-order valence-corrected chi connectivity index (χ4v) is 2.42. The highest BCUT2D eigenvalue weighted by atomic mass is 32.1. The lowest BCUT2D eigenvalue weighted by molar-refractivity contribution is 0.628. The summed E-state index contributed by atoms with van der Waals surface area (Å²) in [5, 5.41) is 4.20. The second-order valence-electron chi connectivity index (χ2n) is 3.49.